The molecule has 0 bridgehead atoms. The first kappa shape index (κ1) is 20.2. The van der Waals surface area contributed by atoms with Crippen molar-refractivity contribution < 1.29 is 0 Å². The minimum atomic E-state index is 1.22. The third-order valence-electron chi connectivity index (χ3n) is 6.45. The summed E-state index contributed by atoms with van der Waals surface area (Å²) in [7, 11) is 0. The van der Waals surface area contributed by atoms with E-state index in [0.717, 1.165) is 0 Å². The van der Waals surface area contributed by atoms with Gasteiger partial charge in [0.15, 0.2) is 0 Å². The predicted octanol–water partition coefficient (Wildman–Crippen LogP) is 9.51. The Morgan fingerprint density at radius 2 is 0.588 bits per heavy atom. The number of hydrogen-bond donors (Lipinski definition) is 0. The molecule has 0 radical (unpaired) electrons. The first-order valence-corrected chi connectivity index (χ1v) is 11.7. The maximum Gasteiger partial charge on any atom is -0.0171 e. The van der Waals surface area contributed by atoms with Gasteiger partial charge in [0.1, 0.15) is 0 Å². The third kappa shape index (κ3) is 4.02. The van der Waals surface area contributed by atoms with Gasteiger partial charge < -0.3 is 0 Å². The van der Waals surface area contributed by atoms with Gasteiger partial charge in [-0.1, -0.05) is 121 Å². The van der Waals surface area contributed by atoms with Gasteiger partial charge in [-0.2, -0.15) is 0 Å². The van der Waals surface area contributed by atoms with Crippen molar-refractivity contribution in [3.05, 3.63) is 146 Å². The highest BCUT2D eigenvalue weighted by molar-refractivity contribution is 5.89. The molecule has 160 valence electrons. The molecule has 0 aliphatic carbocycles. The normalized spacial score (nSPS) is 10.9. The van der Waals surface area contributed by atoms with Gasteiger partial charge in [0, 0.05) is 0 Å². The van der Waals surface area contributed by atoms with Crippen molar-refractivity contribution in [2.75, 3.05) is 0 Å². The summed E-state index contributed by atoms with van der Waals surface area (Å²) < 4.78 is 0. The van der Waals surface area contributed by atoms with Crippen LogP contribution < -0.4 is 0 Å². The Balaban J connectivity index is 1.47. The molecule has 0 spiro atoms. The van der Waals surface area contributed by atoms with Crippen LogP contribution in [0.2, 0.25) is 0 Å². The van der Waals surface area contributed by atoms with E-state index in [-0.39, 0.29) is 0 Å². The quantitative estimate of drug-likeness (QED) is 0.260. The summed E-state index contributed by atoms with van der Waals surface area (Å²) in [6.45, 7) is 0. The van der Waals surface area contributed by atoms with Crippen molar-refractivity contribution in [2.24, 2.45) is 0 Å². The Hall–Kier alpha value is -4.42. The summed E-state index contributed by atoms with van der Waals surface area (Å²) in [5.74, 6) is 0. The lowest BCUT2D eigenvalue weighted by molar-refractivity contribution is 1.56. The SMILES string of the molecule is c1ccc(-c2ccc(-c3cc(-c4ccccc4)cc(-c4ccc5ccccc5c4)c3)cc2)cc1. The van der Waals surface area contributed by atoms with E-state index in [1.807, 2.05) is 0 Å². The smallest absolute Gasteiger partial charge is 0.0171 e. The maximum absolute atomic E-state index is 2.31. The minimum absolute atomic E-state index is 1.22. The molecule has 0 saturated carbocycles. The van der Waals surface area contributed by atoms with E-state index in [9.17, 15) is 0 Å². The zero-order chi connectivity index (χ0) is 22.7. The fourth-order valence-corrected chi connectivity index (χ4v) is 4.61. The summed E-state index contributed by atoms with van der Waals surface area (Å²) in [4.78, 5) is 0. The Kier molecular flexibility index (Phi) is 5.26. The predicted molar refractivity (Wildman–Crippen MR) is 146 cm³/mol. The van der Waals surface area contributed by atoms with Crippen LogP contribution in [0.4, 0.5) is 0 Å². The van der Waals surface area contributed by atoms with E-state index in [4.69, 9.17) is 0 Å². The number of hydrogen-bond acceptors (Lipinski definition) is 0. The van der Waals surface area contributed by atoms with Gasteiger partial charge >= 0.3 is 0 Å². The second kappa shape index (κ2) is 8.84. The van der Waals surface area contributed by atoms with Crippen LogP contribution in [0, 0.1) is 0 Å². The van der Waals surface area contributed by atoms with Gasteiger partial charge in [0.2, 0.25) is 0 Å². The summed E-state index contributed by atoms with van der Waals surface area (Å²) >= 11 is 0. The zero-order valence-corrected chi connectivity index (χ0v) is 18.9. The summed E-state index contributed by atoms with van der Waals surface area (Å²) in [5, 5.41) is 2.53. The summed E-state index contributed by atoms with van der Waals surface area (Å²) in [6.07, 6.45) is 0. The first-order valence-electron chi connectivity index (χ1n) is 11.7. The molecule has 0 amide bonds. The van der Waals surface area contributed by atoms with Crippen LogP contribution in [-0.2, 0) is 0 Å². The van der Waals surface area contributed by atoms with E-state index in [1.165, 1.54) is 55.3 Å². The molecule has 0 nitrogen and oxygen atoms in total. The average Bonchev–Trinajstić information content (AvgIpc) is 2.93. The lowest BCUT2D eigenvalue weighted by Gasteiger charge is -2.12. The molecule has 0 heteroatoms. The van der Waals surface area contributed by atoms with Crippen LogP contribution in [0.3, 0.4) is 0 Å². The van der Waals surface area contributed by atoms with Crippen molar-refractivity contribution >= 4 is 10.8 Å². The molecule has 0 aromatic heterocycles. The molecule has 6 aromatic rings. The van der Waals surface area contributed by atoms with E-state index in [0.29, 0.717) is 0 Å². The van der Waals surface area contributed by atoms with E-state index in [2.05, 4.69) is 146 Å². The van der Waals surface area contributed by atoms with Gasteiger partial charge in [-0.15, -0.1) is 0 Å². The molecular weight excluding hydrogens is 408 g/mol. The minimum Gasteiger partial charge on any atom is -0.0622 e. The molecule has 6 aromatic carbocycles. The van der Waals surface area contributed by atoms with Crippen LogP contribution in [0.5, 0.6) is 0 Å². The monoisotopic (exact) mass is 432 g/mol. The Bertz CT molecular complexity index is 1560. The number of fused-ring (bicyclic) bond motifs is 1. The van der Waals surface area contributed by atoms with Crippen molar-refractivity contribution in [3.63, 3.8) is 0 Å². The molecular formula is C34H24. The van der Waals surface area contributed by atoms with Gasteiger partial charge in [0.05, 0.1) is 0 Å². The van der Waals surface area contributed by atoms with E-state index >= 15 is 0 Å². The zero-order valence-electron chi connectivity index (χ0n) is 18.9. The third-order valence-corrected chi connectivity index (χ3v) is 6.45. The summed E-state index contributed by atoms with van der Waals surface area (Å²) in [5.41, 5.74) is 9.85. The van der Waals surface area contributed by atoms with Gasteiger partial charge in [-0.25, -0.2) is 0 Å². The van der Waals surface area contributed by atoms with Crippen molar-refractivity contribution in [1.82, 2.24) is 0 Å². The van der Waals surface area contributed by atoms with Crippen molar-refractivity contribution in [2.45, 2.75) is 0 Å². The molecule has 6 rings (SSSR count). The number of rotatable bonds is 4. The largest absolute Gasteiger partial charge is 0.0622 e. The molecule has 0 saturated heterocycles. The fourth-order valence-electron chi connectivity index (χ4n) is 4.61. The molecule has 0 aliphatic heterocycles. The van der Waals surface area contributed by atoms with E-state index < -0.39 is 0 Å². The molecule has 0 fully saturated rings. The van der Waals surface area contributed by atoms with Crippen LogP contribution in [0.1, 0.15) is 0 Å². The Morgan fingerprint density at radius 1 is 0.206 bits per heavy atom. The van der Waals surface area contributed by atoms with Crippen LogP contribution in [0.15, 0.2) is 146 Å². The van der Waals surface area contributed by atoms with Crippen LogP contribution in [-0.4, -0.2) is 0 Å². The highest BCUT2D eigenvalue weighted by atomic mass is 14.1. The lowest BCUT2D eigenvalue weighted by Crippen LogP contribution is -1.87. The van der Waals surface area contributed by atoms with Gasteiger partial charge in [0.25, 0.3) is 0 Å². The standard InChI is InChI=1S/C34H24/c1-3-9-25(10-4-1)28-15-17-29(18-16-28)33-22-32(26-11-5-2-6-12-26)23-34(24-33)31-20-19-27-13-7-8-14-30(27)21-31/h1-24H. The second-order valence-corrected chi connectivity index (χ2v) is 8.67. The molecule has 0 heterocycles. The van der Waals surface area contributed by atoms with Crippen molar-refractivity contribution in [1.29, 1.82) is 0 Å². The van der Waals surface area contributed by atoms with E-state index in [1.54, 1.807) is 0 Å². The van der Waals surface area contributed by atoms with Gasteiger partial charge in [-0.3, -0.25) is 0 Å². The molecule has 0 N–H and O–H groups in total. The number of benzene rings is 6. The lowest BCUT2D eigenvalue weighted by atomic mass is 9.92. The van der Waals surface area contributed by atoms with Crippen molar-refractivity contribution in [3.8, 4) is 44.5 Å². The topological polar surface area (TPSA) is 0 Å². The summed E-state index contributed by atoms with van der Waals surface area (Å²) in [6, 6.07) is 52.3. The second-order valence-electron chi connectivity index (χ2n) is 8.67. The molecule has 0 atom stereocenters. The highest BCUT2D eigenvalue weighted by Crippen LogP contribution is 2.34. The Morgan fingerprint density at radius 3 is 1.18 bits per heavy atom. The first-order chi connectivity index (χ1) is 16.8. The Labute approximate surface area is 200 Å². The maximum atomic E-state index is 2.31. The van der Waals surface area contributed by atoms with Gasteiger partial charge in [-0.05, 0) is 79.5 Å². The fraction of sp³-hybridized carbons (Fsp3) is 0. The van der Waals surface area contributed by atoms with Crippen LogP contribution in [0.25, 0.3) is 55.3 Å². The average molecular weight is 433 g/mol. The molecule has 0 aliphatic rings. The van der Waals surface area contributed by atoms with Crippen LogP contribution >= 0.6 is 0 Å². The highest BCUT2D eigenvalue weighted by Gasteiger charge is 2.09. The molecule has 34 heavy (non-hydrogen) atoms. The molecule has 0 unspecified atom stereocenters.